The standard InChI is InChI=1S/C19H24N4O3S/c1-4-23(16-7-8-27(25,26)12-16)18-11-20-17(10-21-18)19(24)22-15-6-5-13(2)14(3)9-15/h5-6,9-11,16H,4,7-8,12H2,1-3H3,(H,22,24). The van der Waals surface area contributed by atoms with Crippen LogP contribution >= 0.6 is 0 Å². The van der Waals surface area contributed by atoms with Gasteiger partial charge < -0.3 is 10.2 Å². The number of hydrogen-bond acceptors (Lipinski definition) is 6. The number of anilines is 2. The molecule has 0 spiro atoms. The molecule has 1 amide bonds. The number of sulfone groups is 1. The summed E-state index contributed by atoms with van der Waals surface area (Å²) in [4.78, 5) is 22.9. The Morgan fingerprint density at radius 2 is 2.00 bits per heavy atom. The first-order valence-corrected chi connectivity index (χ1v) is 10.8. The van der Waals surface area contributed by atoms with Gasteiger partial charge in [0, 0.05) is 18.3 Å². The first-order chi connectivity index (χ1) is 12.8. The number of rotatable bonds is 5. The topological polar surface area (TPSA) is 92.3 Å². The van der Waals surface area contributed by atoms with Gasteiger partial charge in [0.1, 0.15) is 11.5 Å². The van der Waals surface area contributed by atoms with E-state index in [1.54, 1.807) is 0 Å². The lowest BCUT2D eigenvalue weighted by Crippen LogP contribution is -2.36. The van der Waals surface area contributed by atoms with Gasteiger partial charge in [-0.3, -0.25) is 4.79 Å². The van der Waals surface area contributed by atoms with Gasteiger partial charge in [-0.1, -0.05) is 6.07 Å². The van der Waals surface area contributed by atoms with Crippen molar-refractivity contribution in [1.82, 2.24) is 9.97 Å². The third-order valence-corrected chi connectivity index (χ3v) is 6.67. The molecule has 8 heteroatoms. The molecule has 1 N–H and O–H groups in total. The molecule has 3 rings (SSSR count). The zero-order chi connectivity index (χ0) is 19.6. The van der Waals surface area contributed by atoms with E-state index in [0.717, 1.165) is 11.1 Å². The van der Waals surface area contributed by atoms with E-state index < -0.39 is 9.84 Å². The molecule has 2 aromatic rings. The maximum Gasteiger partial charge on any atom is 0.275 e. The van der Waals surface area contributed by atoms with Crippen LogP contribution in [0.15, 0.2) is 30.6 Å². The maximum absolute atomic E-state index is 12.4. The summed E-state index contributed by atoms with van der Waals surface area (Å²) in [7, 11) is -2.98. The molecule has 27 heavy (non-hydrogen) atoms. The third-order valence-electron chi connectivity index (χ3n) is 4.92. The lowest BCUT2D eigenvalue weighted by Gasteiger charge is -2.27. The number of hydrogen-bond donors (Lipinski definition) is 1. The molecule has 0 bridgehead atoms. The highest BCUT2D eigenvalue weighted by Gasteiger charge is 2.32. The molecule has 1 aromatic carbocycles. The molecule has 7 nitrogen and oxygen atoms in total. The maximum atomic E-state index is 12.4. The van der Waals surface area contributed by atoms with Crippen LogP contribution in [0.2, 0.25) is 0 Å². The van der Waals surface area contributed by atoms with Crippen LogP contribution in [-0.2, 0) is 9.84 Å². The Hall–Kier alpha value is -2.48. The van der Waals surface area contributed by atoms with E-state index in [9.17, 15) is 13.2 Å². The molecule has 1 aliphatic heterocycles. The first kappa shape index (κ1) is 19.3. The zero-order valence-corrected chi connectivity index (χ0v) is 16.6. The highest BCUT2D eigenvalue weighted by Crippen LogP contribution is 2.22. The van der Waals surface area contributed by atoms with Gasteiger partial charge in [0.25, 0.3) is 5.91 Å². The van der Waals surface area contributed by atoms with Gasteiger partial charge >= 0.3 is 0 Å². The van der Waals surface area contributed by atoms with Crippen molar-refractivity contribution in [3.8, 4) is 0 Å². The van der Waals surface area contributed by atoms with E-state index in [0.29, 0.717) is 24.5 Å². The SMILES string of the molecule is CCN(c1cnc(C(=O)Nc2ccc(C)c(C)c2)cn1)C1CCS(=O)(=O)C1. The summed E-state index contributed by atoms with van der Waals surface area (Å²) in [5, 5.41) is 2.82. The number of nitrogens with zero attached hydrogens (tertiary/aromatic N) is 3. The van der Waals surface area contributed by atoms with Crippen LogP contribution in [0.3, 0.4) is 0 Å². The minimum Gasteiger partial charge on any atom is -0.352 e. The Morgan fingerprint density at radius 1 is 1.22 bits per heavy atom. The Labute approximate surface area is 159 Å². The van der Waals surface area contributed by atoms with Gasteiger partial charge in [0.15, 0.2) is 9.84 Å². The molecule has 1 aromatic heterocycles. The summed E-state index contributed by atoms with van der Waals surface area (Å²) >= 11 is 0. The van der Waals surface area contributed by atoms with Crippen molar-refractivity contribution in [1.29, 1.82) is 0 Å². The number of carbonyl (C=O) groups is 1. The molecule has 1 aliphatic rings. The normalized spacial score (nSPS) is 18.3. The van der Waals surface area contributed by atoms with E-state index >= 15 is 0 Å². The average molecular weight is 388 g/mol. The van der Waals surface area contributed by atoms with Gasteiger partial charge in [-0.05, 0) is 50.5 Å². The van der Waals surface area contributed by atoms with Crippen molar-refractivity contribution < 1.29 is 13.2 Å². The molecule has 0 aliphatic carbocycles. The molecule has 1 saturated heterocycles. The van der Waals surface area contributed by atoms with Crippen LogP contribution in [-0.4, -0.2) is 48.4 Å². The van der Waals surface area contributed by atoms with Gasteiger partial charge in [0.05, 0.1) is 23.9 Å². The number of nitrogens with one attached hydrogen (secondary N) is 1. The van der Waals surface area contributed by atoms with Crippen molar-refractivity contribution >= 4 is 27.2 Å². The van der Waals surface area contributed by atoms with Crippen LogP contribution in [0.1, 0.15) is 35.0 Å². The third kappa shape index (κ3) is 4.44. The molecule has 0 saturated carbocycles. The van der Waals surface area contributed by atoms with Crippen molar-refractivity contribution in [2.75, 3.05) is 28.3 Å². The molecular formula is C19H24N4O3S. The summed E-state index contributed by atoms with van der Waals surface area (Å²) in [6, 6.07) is 5.62. The number of benzene rings is 1. The first-order valence-electron chi connectivity index (χ1n) is 8.97. The Bertz CT molecular complexity index is 942. The predicted molar refractivity (Wildman–Crippen MR) is 106 cm³/mol. The van der Waals surface area contributed by atoms with Crippen molar-refractivity contribution in [3.63, 3.8) is 0 Å². The van der Waals surface area contributed by atoms with Crippen LogP contribution in [0, 0.1) is 13.8 Å². The van der Waals surface area contributed by atoms with Crippen LogP contribution in [0.25, 0.3) is 0 Å². The minimum atomic E-state index is -2.98. The molecular weight excluding hydrogens is 364 g/mol. The number of aromatic nitrogens is 2. The molecule has 2 heterocycles. The number of carbonyl (C=O) groups excluding carboxylic acids is 1. The zero-order valence-electron chi connectivity index (χ0n) is 15.8. The predicted octanol–water partition coefficient (Wildman–Crippen LogP) is 2.36. The Kier molecular flexibility index (Phi) is 5.46. The fourth-order valence-electron chi connectivity index (χ4n) is 3.23. The molecule has 0 radical (unpaired) electrons. The lowest BCUT2D eigenvalue weighted by atomic mass is 10.1. The Balaban J connectivity index is 1.72. The lowest BCUT2D eigenvalue weighted by molar-refractivity contribution is 0.102. The summed E-state index contributed by atoms with van der Waals surface area (Å²) < 4.78 is 23.5. The second kappa shape index (κ2) is 7.64. The second-order valence-electron chi connectivity index (χ2n) is 6.86. The summed E-state index contributed by atoms with van der Waals surface area (Å²) in [6.07, 6.45) is 3.55. The molecule has 144 valence electrons. The number of amides is 1. The average Bonchev–Trinajstić information content (AvgIpc) is 2.99. The van der Waals surface area contributed by atoms with Crippen molar-refractivity contribution in [2.45, 2.75) is 33.2 Å². The van der Waals surface area contributed by atoms with Gasteiger partial charge in [-0.2, -0.15) is 0 Å². The fraction of sp³-hybridized carbons (Fsp3) is 0.421. The summed E-state index contributed by atoms with van der Waals surface area (Å²) in [6.45, 7) is 6.58. The van der Waals surface area contributed by atoms with Crippen LogP contribution < -0.4 is 10.2 Å². The van der Waals surface area contributed by atoms with Crippen molar-refractivity contribution in [2.24, 2.45) is 0 Å². The highest BCUT2D eigenvalue weighted by atomic mass is 32.2. The van der Waals surface area contributed by atoms with E-state index in [1.165, 1.54) is 12.4 Å². The number of aryl methyl sites for hydroxylation is 2. The van der Waals surface area contributed by atoms with E-state index in [2.05, 4.69) is 15.3 Å². The smallest absolute Gasteiger partial charge is 0.275 e. The molecule has 1 fully saturated rings. The minimum absolute atomic E-state index is 0.0930. The van der Waals surface area contributed by atoms with Crippen LogP contribution in [0.5, 0.6) is 0 Å². The largest absolute Gasteiger partial charge is 0.352 e. The summed E-state index contributed by atoms with van der Waals surface area (Å²) in [5.41, 5.74) is 3.18. The quantitative estimate of drug-likeness (QED) is 0.845. The summed E-state index contributed by atoms with van der Waals surface area (Å²) in [5.74, 6) is 0.599. The van der Waals surface area contributed by atoms with E-state index in [-0.39, 0.29) is 29.1 Å². The molecule has 1 atom stereocenters. The van der Waals surface area contributed by atoms with Gasteiger partial charge in [-0.15, -0.1) is 0 Å². The highest BCUT2D eigenvalue weighted by molar-refractivity contribution is 7.91. The van der Waals surface area contributed by atoms with Crippen LogP contribution in [0.4, 0.5) is 11.5 Å². The van der Waals surface area contributed by atoms with Gasteiger partial charge in [0.2, 0.25) is 0 Å². The second-order valence-corrected chi connectivity index (χ2v) is 9.08. The van der Waals surface area contributed by atoms with Gasteiger partial charge in [-0.25, -0.2) is 18.4 Å². The van der Waals surface area contributed by atoms with Crippen molar-refractivity contribution in [3.05, 3.63) is 47.4 Å². The van der Waals surface area contributed by atoms with E-state index in [4.69, 9.17) is 0 Å². The monoisotopic (exact) mass is 388 g/mol. The fourth-order valence-corrected chi connectivity index (χ4v) is 4.96. The molecule has 1 unspecified atom stereocenters. The Morgan fingerprint density at radius 3 is 2.56 bits per heavy atom. The van der Waals surface area contributed by atoms with E-state index in [1.807, 2.05) is 43.9 Å².